The molecule has 4 aromatic rings. The highest BCUT2D eigenvalue weighted by molar-refractivity contribution is 5.86. The van der Waals surface area contributed by atoms with E-state index in [2.05, 4.69) is 86.1 Å². The Labute approximate surface area is 228 Å². The number of ether oxygens (including phenoxy) is 2. The van der Waals surface area contributed by atoms with Crippen LogP contribution in [0.4, 0.5) is 0 Å². The van der Waals surface area contributed by atoms with E-state index in [9.17, 15) is 0 Å². The van der Waals surface area contributed by atoms with Crippen LogP contribution < -0.4 is 9.47 Å². The molecule has 0 aliphatic rings. The van der Waals surface area contributed by atoms with Crippen LogP contribution in [-0.2, 0) is 0 Å². The Morgan fingerprint density at radius 1 is 0.474 bits per heavy atom. The lowest BCUT2D eigenvalue weighted by Crippen LogP contribution is -1.97. The van der Waals surface area contributed by atoms with E-state index >= 15 is 0 Å². The second-order valence-electron chi connectivity index (χ2n) is 9.77. The lowest BCUT2D eigenvalue weighted by atomic mass is 10.1. The zero-order valence-corrected chi connectivity index (χ0v) is 22.8. The molecule has 0 fully saturated rings. The van der Waals surface area contributed by atoms with Gasteiger partial charge in [0.05, 0.1) is 13.2 Å². The van der Waals surface area contributed by atoms with E-state index in [0.29, 0.717) is 0 Å². The Hall–Kier alpha value is -3.88. The molecule has 0 saturated carbocycles. The third-order valence-corrected chi connectivity index (χ3v) is 6.63. The maximum atomic E-state index is 5.92. The Bertz CT molecular complexity index is 1350. The highest BCUT2D eigenvalue weighted by Gasteiger charge is 2.01. The molecule has 0 radical (unpaired) electrons. The molecule has 4 rings (SSSR count). The molecule has 2 heteroatoms. The molecule has 0 N–H and O–H groups in total. The third kappa shape index (κ3) is 8.33. The maximum Gasteiger partial charge on any atom is 0.119 e. The van der Waals surface area contributed by atoms with E-state index in [4.69, 9.17) is 9.47 Å². The Kier molecular flexibility index (Phi) is 10.5. The first-order valence-electron chi connectivity index (χ1n) is 14.1. The molecular weight excluding hydrogens is 464 g/mol. The van der Waals surface area contributed by atoms with Gasteiger partial charge in [-0.25, -0.2) is 0 Å². The molecule has 0 amide bonds. The van der Waals surface area contributed by atoms with Crippen LogP contribution in [0, 0.1) is 23.7 Å². The summed E-state index contributed by atoms with van der Waals surface area (Å²) < 4.78 is 11.8. The molecule has 0 aliphatic carbocycles. The van der Waals surface area contributed by atoms with Crippen LogP contribution in [0.2, 0.25) is 0 Å². The predicted octanol–water partition coefficient (Wildman–Crippen LogP) is 9.31. The van der Waals surface area contributed by atoms with Crippen molar-refractivity contribution in [2.45, 2.75) is 65.2 Å². The van der Waals surface area contributed by atoms with Gasteiger partial charge < -0.3 is 9.47 Å². The van der Waals surface area contributed by atoms with E-state index < -0.39 is 0 Å². The first-order valence-corrected chi connectivity index (χ1v) is 14.1. The predicted molar refractivity (Wildman–Crippen MR) is 161 cm³/mol. The molecule has 194 valence electrons. The molecule has 0 spiro atoms. The lowest BCUT2D eigenvalue weighted by molar-refractivity contribution is 0.305. The fraction of sp³-hybridized carbons (Fsp3) is 0.333. The van der Waals surface area contributed by atoms with Gasteiger partial charge in [0.15, 0.2) is 0 Å². The van der Waals surface area contributed by atoms with Crippen molar-refractivity contribution >= 4 is 21.5 Å². The highest BCUT2D eigenvalue weighted by atomic mass is 16.5. The van der Waals surface area contributed by atoms with E-state index in [1.807, 2.05) is 24.3 Å². The van der Waals surface area contributed by atoms with Crippen LogP contribution in [0.5, 0.6) is 11.5 Å². The van der Waals surface area contributed by atoms with Gasteiger partial charge in [-0.2, -0.15) is 0 Å². The molecule has 0 aromatic heterocycles. The highest BCUT2D eigenvalue weighted by Crippen LogP contribution is 2.23. The van der Waals surface area contributed by atoms with Crippen LogP contribution in [0.15, 0.2) is 72.8 Å². The Morgan fingerprint density at radius 3 is 1.34 bits per heavy atom. The average Bonchev–Trinajstić information content (AvgIpc) is 2.95. The fourth-order valence-corrected chi connectivity index (χ4v) is 4.43. The number of unbranched alkanes of at least 4 members (excludes halogenated alkanes) is 6. The molecular formula is C36H38O2. The van der Waals surface area contributed by atoms with Gasteiger partial charge in [-0.3, -0.25) is 0 Å². The minimum absolute atomic E-state index is 0.777. The van der Waals surface area contributed by atoms with Crippen LogP contribution in [0.1, 0.15) is 76.3 Å². The molecule has 0 unspecified atom stereocenters. The normalized spacial score (nSPS) is 10.5. The Balaban J connectivity index is 1.34. The molecule has 38 heavy (non-hydrogen) atoms. The quantitative estimate of drug-likeness (QED) is 0.142. The maximum absolute atomic E-state index is 5.92. The summed E-state index contributed by atoms with van der Waals surface area (Å²) in [6.45, 7) is 6.00. The summed E-state index contributed by atoms with van der Waals surface area (Å²) in [5.74, 6) is 14.2. The molecule has 4 aromatic carbocycles. The second kappa shape index (κ2) is 14.8. The van der Waals surface area contributed by atoms with Gasteiger partial charge in [-0.15, -0.1) is 0 Å². The largest absolute Gasteiger partial charge is 0.494 e. The van der Waals surface area contributed by atoms with Crippen molar-refractivity contribution < 1.29 is 9.47 Å². The van der Waals surface area contributed by atoms with Gasteiger partial charge in [-0.05, 0) is 94.8 Å². The summed E-state index contributed by atoms with van der Waals surface area (Å²) in [7, 11) is 0. The van der Waals surface area contributed by atoms with Crippen molar-refractivity contribution in [3.8, 4) is 35.2 Å². The van der Waals surface area contributed by atoms with Crippen molar-refractivity contribution in [1.29, 1.82) is 0 Å². The number of benzene rings is 4. The number of fused-ring (bicyclic) bond motifs is 2. The second-order valence-corrected chi connectivity index (χ2v) is 9.77. The van der Waals surface area contributed by atoms with Crippen molar-refractivity contribution in [3.05, 3.63) is 83.9 Å². The smallest absolute Gasteiger partial charge is 0.119 e. The standard InChI is InChI=1S/C36H38O2/c1-3-5-7-11-23-37-35-21-19-31-25-29(15-17-33(31)27-35)13-9-10-14-30-16-18-34-28-36(22-20-32(34)26-30)38-24-12-8-6-4-2/h15-22,25-28H,3-8,11-12,23-24H2,1-2H3. The minimum Gasteiger partial charge on any atom is -0.494 e. The fourth-order valence-electron chi connectivity index (χ4n) is 4.43. The molecule has 0 saturated heterocycles. The average molecular weight is 503 g/mol. The van der Waals surface area contributed by atoms with Crippen LogP contribution in [0.3, 0.4) is 0 Å². The first-order chi connectivity index (χ1) is 18.7. The third-order valence-electron chi connectivity index (χ3n) is 6.63. The monoisotopic (exact) mass is 502 g/mol. The van der Waals surface area contributed by atoms with Gasteiger partial charge >= 0.3 is 0 Å². The van der Waals surface area contributed by atoms with Gasteiger partial charge in [0.25, 0.3) is 0 Å². The van der Waals surface area contributed by atoms with Crippen LogP contribution in [0.25, 0.3) is 21.5 Å². The van der Waals surface area contributed by atoms with Crippen molar-refractivity contribution in [2.24, 2.45) is 0 Å². The first kappa shape index (κ1) is 27.2. The SMILES string of the molecule is CCCCCCOc1ccc2cc(C#CC#Cc3ccc4cc(OCCCCCC)ccc4c3)ccc2c1. The number of hydrogen-bond acceptors (Lipinski definition) is 2. The summed E-state index contributed by atoms with van der Waals surface area (Å²) in [5, 5.41) is 4.63. The number of hydrogen-bond donors (Lipinski definition) is 0. The van der Waals surface area contributed by atoms with E-state index in [0.717, 1.165) is 70.2 Å². The molecule has 0 atom stereocenters. The Morgan fingerprint density at radius 2 is 0.895 bits per heavy atom. The molecule has 2 nitrogen and oxygen atoms in total. The van der Waals surface area contributed by atoms with E-state index in [1.54, 1.807) is 0 Å². The number of rotatable bonds is 12. The van der Waals surface area contributed by atoms with Crippen LogP contribution in [-0.4, -0.2) is 13.2 Å². The van der Waals surface area contributed by atoms with Crippen molar-refractivity contribution in [1.82, 2.24) is 0 Å². The van der Waals surface area contributed by atoms with E-state index in [1.165, 1.54) is 38.5 Å². The van der Waals surface area contributed by atoms with Crippen LogP contribution >= 0.6 is 0 Å². The summed E-state index contributed by atoms with van der Waals surface area (Å²) in [6, 6.07) is 25.0. The zero-order valence-electron chi connectivity index (χ0n) is 22.8. The topological polar surface area (TPSA) is 18.5 Å². The van der Waals surface area contributed by atoms with Crippen molar-refractivity contribution in [2.75, 3.05) is 13.2 Å². The van der Waals surface area contributed by atoms with Gasteiger partial charge in [0.2, 0.25) is 0 Å². The van der Waals surface area contributed by atoms with Gasteiger partial charge in [-0.1, -0.05) is 88.5 Å². The summed E-state index contributed by atoms with van der Waals surface area (Å²) in [6.07, 6.45) is 9.70. The molecule has 0 heterocycles. The van der Waals surface area contributed by atoms with Crippen molar-refractivity contribution in [3.63, 3.8) is 0 Å². The summed E-state index contributed by atoms with van der Waals surface area (Å²) in [5.41, 5.74) is 1.92. The molecule has 0 aliphatic heterocycles. The molecule has 0 bridgehead atoms. The minimum atomic E-state index is 0.777. The zero-order chi connectivity index (χ0) is 26.4. The van der Waals surface area contributed by atoms with E-state index in [-0.39, 0.29) is 0 Å². The van der Waals surface area contributed by atoms with Gasteiger partial charge in [0, 0.05) is 11.1 Å². The van der Waals surface area contributed by atoms with Gasteiger partial charge in [0.1, 0.15) is 11.5 Å². The lowest BCUT2D eigenvalue weighted by Gasteiger charge is -2.07. The summed E-state index contributed by atoms with van der Waals surface area (Å²) in [4.78, 5) is 0. The summed E-state index contributed by atoms with van der Waals surface area (Å²) >= 11 is 0.